The predicted octanol–water partition coefficient (Wildman–Crippen LogP) is 2.37. The van der Waals surface area contributed by atoms with Gasteiger partial charge in [-0.2, -0.15) is 0 Å². The molecular weight excluding hydrogens is 240 g/mol. The third kappa shape index (κ3) is 5.64. The first-order chi connectivity index (χ1) is 9.02. The molecule has 106 valence electrons. The van der Waals surface area contributed by atoms with Crippen molar-refractivity contribution in [3.8, 4) is 5.75 Å². The van der Waals surface area contributed by atoms with Gasteiger partial charge in [-0.25, -0.2) is 0 Å². The van der Waals surface area contributed by atoms with Gasteiger partial charge >= 0.3 is 0 Å². The van der Waals surface area contributed by atoms with Gasteiger partial charge in [0, 0.05) is 13.0 Å². The molecule has 4 nitrogen and oxygen atoms in total. The molecule has 1 rings (SSSR count). The fourth-order valence-corrected chi connectivity index (χ4v) is 1.70. The highest BCUT2D eigenvalue weighted by atomic mass is 16.5. The van der Waals surface area contributed by atoms with Crippen LogP contribution in [0.4, 0.5) is 5.69 Å². The third-order valence-electron chi connectivity index (χ3n) is 2.72. The molecule has 0 unspecified atom stereocenters. The van der Waals surface area contributed by atoms with E-state index in [1.165, 1.54) is 0 Å². The Labute approximate surface area is 115 Å². The number of amides is 1. The van der Waals surface area contributed by atoms with Gasteiger partial charge in [0.15, 0.2) is 0 Å². The molecule has 0 aromatic heterocycles. The Kier molecular flexibility index (Phi) is 6.19. The lowest BCUT2D eigenvalue weighted by Gasteiger charge is -2.10. The Morgan fingerprint density at radius 2 is 2.16 bits per heavy atom. The molecule has 0 fully saturated rings. The number of nitrogens with one attached hydrogen (secondary N) is 1. The summed E-state index contributed by atoms with van der Waals surface area (Å²) in [7, 11) is 0. The quantitative estimate of drug-likeness (QED) is 0.743. The maximum atomic E-state index is 11.6. The maximum absolute atomic E-state index is 11.6. The van der Waals surface area contributed by atoms with Crippen LogP contribution >= 0.6 is 0 Å². The largest absolute Gasteiger partial charge is 0.492 e. The minimum Gasteiger partial charge on any atom is -0.492 e. The van der Waals surface area contributed by atoms with Gasteiger partial charge in [0.1, 0.15) is 5.75 Å². The Bertz CT molecular complexity index is 417. The molecule has 1 amide bonds. The average molecular weight is 264 g/mol. The zero-order chi connectivity index (χ0) is 14.3. The van der Waals surface area contributed by atoms with Crippen LogP contribution in [-0.2, 0) is 11.2 Å². The summed E-state index contributed by atoms with van der Waals surface area (Å²) in [5.74, 6) is 1.27. The van der Waals surface area contributed by atoms with Crippen LogP contribution in [0.2, 0.25) is 0 Å². The van der Waals surface area contributed by atoms with Crippen molar-refractivity contribution >= 4 is 11.6 Å². The maximum Gasteiger partial charge on any atom is 0.220 e. The van der Waals surface area contributed by atoms with Gasteiger partial charge < -0.3 is 15.8 Å². The summed E-state index contributed by atoms with van der Waals surface area (Å²) in [6, 6.07) is 5.69. The summed E-state index contributed by atoms with van der Waals surface area (Å²) in [5.41, 5.74) is 7.57. The number of aryl methyl sites for hydroxylation is 1. The van der Waals surface area contributed by atoms with Crippen molar-refractivity contribution < 1.29 is 9.53 Å². The molecule has 0 bridgehead atoms. The number of rotatable bonds is 7. The predicted molar refractivity (Wildman–Crippen MR) is 78.2 cm³/mol. The van der Waals surface area contributed by atoms with Crippen LogP contribution in [-0.4, -0.2) is 19.1 Å². The van der Waals surface area contributed by atoms with E-state index in [1.54, 1.807) is 0 Å². The van der Waals surface area contributed by atoms with Gasteiger partial charge in [-0.1, -0.05) is 19.9 Å². The number of carbonyl (C=O) groups is 1. The minimum absolute atomic E-state index is 0.0844. The van der Waals surface area contributed by atoms with Crippen LogP contribution in [0.15, 0.2) is 18.2 Å². The number of nitrogen functional groups attached to an aromatic ring is 1. The minimum atomic E-state index is 0.0844. The summed E-state index contributed by atoms with van der Waals surface area (Å²) < 4.78 is 5.38. The lowest BCUT2D eigenvalue weighted by molar-refractivity contribution is -0.121. The second kappa shape index (κ2) is 7.67. The molecule has 3 N–H and O–H groups in total. The molecule has 0 saturated carbocycles. The summed E-state index contributed by atoms with van der Waals surface area (Å²) in [5, 5.41) is 2.90. The molecule has 1 aromatic rings. The molecule has 0 atom stereocenters. The van der Waals surface area contributed by atoms with Crippen molar-refractivity contribution in [2.24, 2.45) is 5.92 Å². The SMILES string of the molecule is CCOc1ccc(CCC(=O)NCC(C)C)cc1N. The van der Waals surface area contributed by atoms with Crippen LogP contribution in [0.25, 0.3) is 0 Å². The van der Waals surface area contributed by atoms with E-state index in [0.29, 0.717) is 36.8 Å². The van der Waals surface area contributed by atoms with Gasteiger partial charge in [0.2, 0.25) is 5.91 Å². The molecule has 0 aliphatic carbocycles. The highest BCUT2D eigenvalue weighted by Crippen LogP contribution is 2.23. The van der Waals surface area contributed by atoms with Crippen LogP contribution < -0.4 is 15.8 Å². The highest BCUT2D eigenvalue weighted by Gasteiger charge is 2.05. The van der Waals surface area contributed by atoms with Crippen LogP contribution in [0.3, 0.4) is 0 Å². The van der Waals surface area contributed by atoms with Crippen molar-refractivity contribution in [3.63, 3.8) is 0 Å². The lowest BCUT2D eigenvalue weighted by atomic mass is 10.1. The summed E-state index contributed by atoms with van der Waals surface area (Å²) in [4.78, 5) is 11.6. The number of benzene rings is 1. The van der Waals surface area contributed by atoms with Crippen molar-refractivity contribution in [3.05, 3.63) is 23.8 Å². The number of carbonyl (C=O) groups excluding carboxylic acids is 1. The summed E-state index contributed by atoms with van der Waals surface area (Å²) >= 11 is 0. The van der Waals surface area contributed by atoms with Crippen LogP contribution in [0.5, 0.6) is 5.75 Å². The zero-order valence-electron chi connectivity index (χ0n) is 12.0. The van der Waals surface area contributed by atoms with E-state index in [4.69, 9.17) is 10.5 Å². The normalized spacial score (nSPS) is 10.5. The Hall–Kier alpha value is -1.71. The molecule has 0 spiro atoms. The Morgan fingerprint density at radius 1 is 1.42 bits per heavy atom. The first kappa shape index (κ1) is 15.3. The van der Waals surface area contributed by atoms with Crippen molar-refractivity contribution in [1.82, 2.24) is 5.32 Å². The Balaban J connectivity index is 2.45. The van der Waals surface area contributed by atoms with E-state index in [9.17, 15) is 4.79 Å². The molecule has 0 aliphatic rings. The van der Waals surface area contributed by atoms with E-state index in [0.717, 1.165) is 12.1 Å². The smallest absolute Gasteiger partial charge is 0.220 e. The van der Waals surface area contributed by atoms with Crippen molar-refractivity contribution in [2.45, 2.75) is 33.6 Å². The Morgan fingerprint density at radius 3 is 2.74 bits per heavy atom. The van der Waals surface area contributed by atoms with E-state index in [1.807, 2.05) is 25.1 Å². The molecule has 0 saturated heterocycles. The van der Waals surface area contributed by atoms with Gasteiger partial charge in [0.25, 0.3) is 0 Å². The van der Waals surface area contributed by atoms with E-state index in [-0.39, 0.29) is 5.91 Å². The van der Waals surface area contributed by atoms with Crippen molar-refractivity contribution in [1.29, 1.82) is 0 Å². The second-order valence-corrected chi connectivity index (χ2v) is 5.00. The average Bonchev–Trinajstić information content (AvgIpc) is 2.37. The molecule has 1 aromatic carbocycles. The molecular formula is C15H24N2O2. The molecule has 0 heterocycles. The van der Waals surface area contributed by atoms with E-state index < -0.39 is 0 Å². The zero-order valence-corrected chi connectivity index (χ0v) is 12.0. The number of ether oxygens (including phenoxy) is 1. The van der Waals surface area contributed by atoms with E-state index in [2.05, 4.69) is 19.2 Å². The lowest BCUT2D eigenvalue weighted by Crippen LogP contribution is -2.27. The standard InChI is InChI=1S/C15H24N2O2/c1-4-19-14-7-5-12(9-13(14)16)6-8-15(18)17-10-11(2)3/h5,7,9,11H,4,6,8,10,16H2,1-3H3,(H,17,18). The number of anilines is 1. The first-order valence-corrected chi connectivity index (χ1v) is 6.80. The molecule has 4 heteroatoms. The van der Waals surface area contributed by atoms with Gasteiger partial charge in [0.05, 0.1) is 12.3 Å². The molecule has 0 radical (unpaired) electrons. The van der Waals surface area contributed by atoms with Gasteiger partial charge in [-0.05, 0) is 37.0 Å². The van der Waals surface area contributed by atoms with E-state index >= 15 is 0 Å². The number of hydrogen-bond donors (Lipinski definition) is 2. The van der Waals surface area contributed by atoms with Crippen LogP contribution in [0.1, 0.15) is 32.8 Å². The number of nitrogens with two attached hydrogens (primary N) is 1. The summed E-state index contributed by atoms with van der Waals surface area (Å²) in [6.45, 7) is 7.40. The fourth-order valence-electron chi connectivity index (χ4n) is 1.70. The topological polar surface area (TPSA) is 64.3 Å². The van der Waals surface area contributed by atoms with Crippen LogP contribution in [0, 0.1) is 5.92 Å². The van der Waals surface area contributed by atoms with Crippen molar-refractivity contribution in [2.75, 3.05) is 18.9 Å². The number of hydrogen-bond acceptors (Lipinski definition) is 3. The molecule has 0 aliphatic heterocycles. The summed E-state index contributed by atoms with van der Waals surface area (Å²) in [6.07, 6.45) is 1.18. The highest BCUT2D eigenvalue weighted by molar-refractivity contribution is 5.76. The van der Waals surface area contributed by atoms with Gasteiger partial charge in [-0.3, -0.25) is 4.79 Å². The second-order valence-electron chi connectivity index (χ2n) is 5.00. The fraction of sp³-hybridized carbons (Fsp3) is 0.533. The van der Waals surface area contributed by atoms with Gasteiger partial charge in [-0.15, -0.1) is 0 Å². The molecule has 19 heavy (non-hydrogen) atoms. The monoisotopic (exact) mass is 264 g/mol. The third-order valence-corrected chi connectivity index (χ3v) is 2.72. The first-order valence-electron chi connectivity index (χ1n) is 6.80.